The van der Waals surface area contributed by atoms with Crippen LogP contribution in [0, 0.1) is 5.92 Å². The number of ether oxygens (including phenoxy) is 2. The van der Waals surface area contributed by atoms with Crippen LogP contribution in [0.1, 0.15) is 23.2 Å². The van der Waals surface area contributed by atoms with Crippen LogP contribution in [0.4, 0.5) is 17.2 Å². The van der Waals surface area contributed by atoms with Gasteiger partial charge in [0.15, 0.2) is 0 Å². The molecule has 2 heterocycles. The van der Waals surface area contributed by atoms with Crippen LogP contribution in [-0.2, 0) is 4.79 Å². The van der Waals surface area contributed by atoms with Crippen molar-refractivity contribution in [3.05, 3.63) is 71.4 Å². The molecule has 2 N–H and O–H groups in total. The normalized spacial score (nSPS) is 13.7. The molecule has 1 fully saturated rings. The van der Waals surface area contributed by atoms with Gasteiger partial charge in [0.25, 0.3) is 5.91 Å². The fourth-order valence-corrected chi connectivity index (χ4v) is 4.25. The van der Waals surface area contributed by atoms with E-state index in [0.29, 0.717) is 65.2 Å². The lowest BCUT2D eigenvalue weighted by Gasteiger charge is -2.32. The first kappa shape index (κ1) is 24.3. The van der Waals surface area contributed by atoms with E-state index in [1.807, 2.05) is 12.1 Å². The van der Waals surface area contributed by atoms with Crippen molar-refractivity contribution in [3.8, 4) is 11.5 Å². The van der Waals surface area contributed by atoms with Crippen LogP contribution in [-0.4, -0.2) is 44.1 Å². The molecular weight excluding hydrogens is 468 g/mol. The topological polar surface area (TPSA) is 92.8 Å². The summed E-state index contributed by atoms with van der Waals surface area (Å²) < 4.78 is 10.4. The fraction of sp³-hybridized carbons (Fsp3) is 0.269. The number of rotatable bonds is 7. The molecule has 0 spiro atoms. The third kappa shape index (κ3) is 6.02. The highest BCUT2D eigenvalue weighted by Crippen LogP contribution is 2.29. The number of aromatic nitrogens is 1. The monoisotopic (exact) mass is 494 g/mol. The number of hydrogen-bond donors (Lipinski definition) is 2. The smallest absolute Gasteiger partial charge is 0.255 e. The van der Waals surface area contributed by atoms with Crippen molar-refractivity contribution >= 4 is 40.6 Å². The van der Waals surface area contributed by atoms with Gasteiger partial charge in [0.2, 0.25) is 5.91 Å². The highest BCUT2D eigenvalue weighted by atomic mass is 35.5. The summed E-state index contributed by atoms with van der Waals surface area (Å²) >= 11 is 6.16. The predicted octanol–water partition coefficient (Wildman–Crippen LogP) is 4.86. The lowest BCUT2D eigenvalue weighted by Crippen LogP contribution is -2.38. The molecule has 8 nitrogen and oxygen atoms in total. The Bertz CT molecular complexity index is 1210. The molecule has 0 radical (unpaired) electrons. The zero-order valence-corrected chi connectivity index (χ0v) is 20.3. The molecule has 2 aromatic carbocycles. The molecule has 1 saturated heterocycles. The molecular formula is C26H27ClN4O4. The Balaban J connectivity index is 1.34. The van der Waals surface area contributed by atoms with Crippen molar-refractivity contribution in [2.45, 2.75) is 12.8 Å². The predicted molar refractivity (Wildman–Crippen MR) is 137 cm³/mol. The summed E-state index contributed by atoms with van der Waals surface area (Å²) in [5.41, 5.74) is 1.80. The van der Waals surface area contributed by atoms with E-state index < -0.39 is 0 Å². The number of benzene rings is 2. The van der Waals surface area contributed by atoms with Crippen LogP contribution in [0.5, 0.6) is 11.5 Å². The molecule has 0 unspecified atom stereocenters. The second-order valence-corrected chi connectivity index (χ2v) is 8.60. The third-order valence-corrected chi connectivity index (χ3v) is 6.24. The number of amides is 2. The Morgan fingerprint density at radius 1 is 0.971 bits per heavy atom. The van der Waals surface area contributed by atoms with Gasteiger partial charge in [-0.15, -0.1) is 0 Å². The molecule has 35 heavy (non-hydrogen) atoms. The Hall–Kier alpha value is -3.78. The van der Waals surface area contributed by atoms with E-state index >= 15 is 0 Å². The van der Waals surface area contributed by atoms with Gasteiger partial charge in [-0.1, -0.05) is 17.7 Å². The van der Waals surface area contributed by atoms with Gasteiger partial charge >= 0.3 is 0 Å². The van der Waals surface area contributed by atoms with Crippen molar-refractivity contribution < 1.29 is 19.1 Å². The first-order valence-electron chi connectivity index (χ1n) is 11.3. The Morgan fingerprint density at radius 2 is 1.74 bits per heavy atom. The van der Waals surface area contributed by atoms with E-state index in [4.69, 9.17) is 21.1 Å². The van der Waals surface area contributed by atoms with Gasteiger partial charge in [0.05, 0.1) is 19.2 Å². The number of methoxy groups -OCH3 is 2. The van der Waals surface area contributed by atoms with Gasteiger partial charge in [-0.3, -0.25) is 9.59 Å². The molecule has 9 heteroatoms. The second kappa shape index (κ2) is 11.1. The average Bonchev–Trinajstić information content (AvgIpc) is 2.89. The van der Waals surface area contributed by atoms with Gasteiger partial charge in [-0.25, -0.2) is 4.98 Å². The van der Waals surface area contributed by atoms with Crippen LogP contribution in [0.15, 0.2) is 60.8 Å². The Morgan fingerprint density at radius 3 is 2.46 bits per heavy atom. The maximum absolute atomic E-state index is 12.8. The van der Waals surface area contributed by atoms with Crippen LogP contribution < -0.4 is 25.0 Å². The molecule has 3 aromatic rings. The zero-order chi connectivity index (χ0) is 24.8. The SMILES string of the molecule is COc1cccc(NC(=O)c2ccnc(N3CCC(C(=O)Nc4ccc(OC)c(Cl)c4)CC3)c2)c1. The van der Waals surface area contributed by atoms with E-state index in [0.717, 1.165) is 0 Å². The molecule has 1 aliphatic heterocycles. The molecule has 0 bridgehead atoms. The summed E-state index contributed by atoms with van der Waals surface area (Å²) in [6, 6.07) is 15.8. The number of anilines is 3. The molecule has 182 valence electrons. The number of halogens is 1. The molecule has 4 rings (SSSR count). The minimum Gasteiger partial charge on any atom is -0.497 e. The molecule has 0 aliphatic carbocycles. The van der Waals surface area contributed by atoms with Crippen molar-refractivity contribution in [1.82, 2.24) is 4.98 Å². The van der Waals surface area contributed by atoms with Crippen LogP contribution in [0.2, 0.25) is 5.02 Å². The van der Waals surface area contributed by atoms with Gasteiger partial charge in [-0.2, -0.15) is 0 Å². The Kier molecular flexibility index (Phi) is 7.72. The number of piperidine rings is 1. The number of carbonyl (C=O) groups is 2. The van der Waals surface area contributed by atoms with Crippen LogP contribution in [0.25, 0.3) is 0 Å². The lowest BCUT2D eigenvalue weighted by atomic mass is 9.95. The van der Waals surface area contributed by atoms with E-state index in [9.17, 15) is 9.59 Å². The number of nitrogens with one attached hydrogen (secondary N) is 2. The van der Waals surface area contributed by atoms with Gasteiger partial charge in [0.1, 0.15) is 17.3 Å². The van der Waals surface area contributed by atoms with Crippen LogP contribution >= 0.6 is 11.6 Å². The highest BCUT2D eigenvalue weighted by Gasteiger charge is 2.26. The van der Waals surface area contributed by atoms with E-state index in [2.05, 4.69) is 20.5 Å². The van der Waals surface area contributed by atoms with Crippen molar-refractivity contribution in [2.75, 3.05) is 42.8 Å². The first-order valence-corrected chi connectivity index (χ1v) is 11.7. The molecule has 0 atom stereocenters. The molecule has 2 amide bonds. The molecule has 1 aromatic heterocycles. The summed E-state index contributed by atoms with van der Waals surface area (Å²) in [6.07, 6.45) is 2.98. The van der Waals surface area contributed by atoms with Gasteiger partial charge in [0, 0.05) is 48.2 Å². The number of hydrogen-bond acceptors (Lipinski definition) is 6. The highest BCUT2D eigenvalue weighted by molar-refractivity contribution is 6.32. The number of carbonyl (C=O) groups excluding carboxylic acids is 2. The lowest BCUT2D eigenvalue weighted by molar-refractivity contribution is -0.120. The third-order valence-electron chi connectivity index (χ3n) is 5.94. The summed E-state index contributed by atoms with van der Waals surface area (Å²) in [4.78, 5) is 32.1. The van der Waals surface area contributed by atoms with Gasteiger partial charge in [-0.05, 0) is 55.3 Å². The van der Waals surface area contributed by atoms with E-state index in [1.54, 1.807) is 62.9 Å². The number of pyridine rings is 1. The standard InChI is InChI=1S/C26H27ClN4O4/c1-34-21-5-3-4-19(15-21)29-26(33)18-8-11-28-24(14-18)31-12-9-17(10-13-31)25(32)30-20-6-7-23(35-2)22(27)16-20/h3-8,11,14-17H,9-10,12-13H2,1-2H3,(H,29,33)(H,30,32). The fourth-order valence-electron chi connectivity index (χ4n) is 4.00. The quantitative estimate of drug-likeness (QED) is 0.487. The zero-order valence-electron chi connectivity index (χ0n) is 19.6. The minimum absolute atomic E-state index is 0.0368. The van der Waals surface area contributed by atoms with E-state index in [-0.39, 0.29) is 17.7 Å². The summed E-state index contributed by atoms with van der Waals surface area (Å²) in [7, 11) is 3.13. The van der Waals surface area contributed by atoms with Crippen LogP contribution in [0.3, 0.4) is 0 Å². The second-order valence-electron chi connectivity index (χ2n) is 8.19. The van der Waals surface area contributed by atoms with Crippen molar-refractivity contribution in [1.29, 1.82) is 0 Å². The summed E-state index contributed by atoms with van der Waals surface area (Å²) in [6.45, 7) is 1.32. The summed E-state index contributed by atoms with van der Waals surface area (Å²) in [5.74, 6) is 1.56. The summed E-state index contributed by atoms with van der Waals surface area (Å²) in [5, 5.41) is 6.27. The maximum atomic E-state index is 12.8. The first-order chi connectivity index (χ1) is 17.0. The van der Waals surface area contributed by atoms with Gasteiger partial charge < -0.3 is 25.0 Å². The largest absolute Gasteiger partial charge is 0.497 e. The molecule has 1 aliphatic rings. The maximum Gasteiger partial charge on any atom is 0.255 e. The average molecular weight is 495 g/mol. The number of nitrogens with zero attached hydrogens (tertiary/aromatic N) is 2. The minimum atomic E-state index is -0.227. The van der Waals surface area contributed by atoms with Crippen molar-refractivity contribution in [2.24, 2.45) is 5.92 Å². The van der Waals surface area contributed by atoms with E-state index in [1.165, 1.54) is 0 Å². The molecule has 0 saturated carbocycles. The Labute approximate surface area is 209 Å². The van der Waals surface area contributed by atoms with Crippen molar-refractivity contribution in [3.63, 3.8) is 0 Å².